The molecule has 0 bridgehead atoms. The van der Waals surface area contributed by atoms with Gasteiger partial charge in [0.15, 0.2) is 0 Å². The first-order valence-corrected chi connectivity index (χ1v) is 6.45. The average molecular weight is 272 g/mol. The summed E-state index contributed by atoms with van der Waals surface area (Å²) in [6.07, 6.45) is 0. The molecule has 2 N–H and O–H groups in total. The molecule has 4 nitrogen and oxygen atoms in total. The lowest BCUT2D eigenvalue weighted by molar-refractivity contribution is 0.103. The van der Waals surface area contributed by atoms with Gasteiger partial charge in [-0.1, -0.05) is 17.9 Å². The van der Waals surface area contributed by atoms with E-state index in [0.717, 1.165) is 10.6 Å². The van der Waals surface area contributed by atoms with Crippen LogP contribution in [0, 0.1) is 18.8 Å². The molecule has 0 aliphatic heterocycles. The molecule has 5 heteroatoms. The molecule has 0 radical (unpaired) electrons. The van der Waals surface area contributed by atoms with Gasteiger partial charge in [-0.15, -0.1) is 11.3 Å². The van der Waals surface area contributed by atoms with Crippen LogP contribution >= 0.6 is 11.3 Å². The fourth-order valence-corrected chi connectivity index (χ4v) is 2.22. The lowest BCUT2D eigenvalue weighted by Gasteiger charge is -2.02. The fourth-order valence-electron chi connectivity index (χ4n) is 1.44. The van der Waals surface area contributed by atoms with Crippen LogP contribution in [-0.4, -0.2) is 22.6 Å². The van der Waals surface area contributed by atoms with Crippen molar-refractivity contribution in [3.05, 3.63) is 45.8 Å². The molecule has 2 aromatic heterocycles. The van der Waals surface area contributed by atoms with E-state index in [1.807, 2.05) is 19.1 Å². The van der Waals surface area contributed by atoms with Gasteiger partial charge in [-0.2, -0.15) is 0 Å². The predicted molar refractivity (Wildman–Crippen MR) is 75.2 cm³/mol. The van der Waals surface area contributed by atoms with E-state index in [-0.39, 0.29) is 12.5 Å². The van der Waals surface area contributed by atoms with E-state index >= 15 is 0 Å². The van der Waals surface area contributed by atoms with E-state index in [0.29, 0.717) is 10.7 Å². The molecule has 0 aliphatic rings. The van der Waals surface area contributed by atoms with Crippen molar-refractivity contribution in [2.24, 2.45) is 0 Å². The van der Waals surface area contributed by atoms with Crippen LogP contribution in [0.3, 0.4) is 0 Å². The van der Waals surface area contributed by atoms with Crippen LogP contribution < -0.4 is 5.32 Å². The Hall–Kier alpha value is -2.16. The number of aryl methyl sites for hydroxylation is 1. The maximum atomic E-state index is 12.0. The zero-order valence-electron chi connectivity index (χ0n) is 10.3. The summed E-state index contributed by atoms with van der Waals surface area (Å²) in [6, 6.07) is 8.90. The smallest absolute Gasteiger partial charge is 0.266 e. The Morgan fingerprint density at radius 2 is 2.26 bits per heavy atom. The Morgan fingerprint density at radius 3 is 3.00 bits per heavy atom. The van der Waals surface area contributed by atoms with Crippen LogP contribution in [0.15, 0.2) is 30.3 Å². The SMILES string of the molecule is Cc1cccc(NC(=O)c2ccc(C#CCO)s2)n1. The molecular weight excluding hydrogens is 260 g/mol. The second-order valence-corrected chi connectivity index (χ2v) is 4.83. The number of rotatable bonds is 2. The Labute approximate surface area is 115 Å². The number of aromatic nitrogens is 1. The molecule has 0 spiro atoms. The van der Waals surface area contributed by atoms with Crippen LogP contribution in [0.2, 0.25) is 0 Å². The number of carbonyl (C=O) groups excluding carboxylic acids is 1. The summed E-state index contributed by atoms with van der Waals surface area (Å²) in [5.41, 5.74) is 0.846. The standard InChI is InChI=1S/C14H12N2O2S/c1-10-4-2-6-13(15-10)16-14(18)12-8-7-11(19-12)5-3-9-17/h2,4,6-8,17H,9H2,1H3,(H,15,16,18). The minimum atomic E-state index is -0.208. The summed E-state index contributed by atoms with van der Waals surface area (Å²) >= 11 is 1.28. The first kappa shape index (κ1) is 13.3. The lowest BCUT2D eigenvalue weighted by Crippen LogP contribution is -2.11. The largest absolute Gasteiger partial charge is 0.384 e. The summed E-state index contributed by atoms with van der Waals surface area (Å²) in [6.45, 7) is 1.68. The number of amides is 1. The second kappa shape index (κ2) is 6.14. The van der Waals surface area contributed by atoms with Gasteiger partial charge in [0, 0.05) is 5.69 Å². The highest BCUT2D eigenvalue weighted by Crippen LogP contribution is 2.17. The van der Waals surface area contributed by atoms with E-state index < -0.39 is 0 Å². The van der Waals surface area contributed by atoms with Gasteiger partial charge in [0.1, 0.15) is 12.4 Å². The fraction of sp³-hybridized carbons (Fsp3) is 0.143. The number of thiophene rings is 1. The molecule has 96 valence electrons. The van der Waals surface area contributed by atoms with Crippen molar-refractivity contribution in [1.29, 1.82) is 0 Å². The lowest BCUT2D eigenvalue weighted by atomic mass is 10.3. The zero-order chi connectivity index (χ0) is 13.7. The van der Waals surface area contributed by atoms with Gasteiger partial charge in [-0.25, -0.2) is 4.98 Å². The van der Waals surface area contributed by atoms with Crippen molar-refractivity contribution < 1.29 is 9.90 Å². The van der Waals surface area contributed by atoms with Crippen molar-refractivity contribution in [3.8, 4) is 11.8 Å². The predicted octanol–water partition coefficient (Wildman–Crippen LogP) is 2.05. The van der Waals surface area contributed by atoms with E-state index in [2.05, 4.69) is 22.1 Å². The van der Waals surface area contributed by atoms with Gasteiger partial charge >= 0.3 is 0 Å². The molecule has 1 amide bonds. The van der Waals surface area contributed by atoms with Gasteiger partial charge in [0.2, 0.25) is 0 Å². The van der Waals surface area contributed by atoms with Gasteiger partial charge in [-0.05, 0) is 31.2 Å². The normalized spacial score (nSPS) is 9.58. The van der Waals surface area contributed by atoms with E-state index in [9.17, 15) is 4.79 Å². The number of carbonyl (C=O) groups is 1. The number of hydrogen-bond acceptors (Lipinski definition) is 4. The monoisotopic (exact) mass is 272 g/mol. The third-order valence-electron chi connectivity index (χ3n) is 2.25. The average Bonchev–Trinajstić information content (AvgIpc) is 2.85. The summed E-state index contributed by atoms with van der Waals surface area (Å²) in [5, 5.41) is 11.3. The third kappa shape index (κ3) is 3.65. The van der Waals surface area contributed by atoms with E-state index in [1.165, 1.54) is 11.3 Å². The van der Waals surface area contributed by atoms with Crippen molar-refractivity contribution >= 4 is 23.1 Å². The molecule has 0 fully saturated rings. The Bertz CT molecular complexity index is 653. The zero-order valence-corrected chi connectivity index (χ0v) is 11.1. The van der Waals surface area contributed by atoms with E-state index in [4.69, 9.17) is 5.11 Å². The van der Waals surface area contributed by atoms with Crippen LogP contribution in [0.1, 0.15) is 20.2 Å². The number of aliphatic hydroxyl groups is 1. The van der Waals surface area contributed by atoms with E-state index in [1.54, 1.807) is 18.2 Å². The molecule has 2 heterocycles. The van der Waals surface area contributed by atoms with Gasteiger partial charge in [0.05, 0.1) is 9.75 Å². The van der Waals surface area contributed by atoms with Crippen molar-refractivity contribution in [3.63, 3.8) is 0 Å². The van der Waals surface area contributed by atoms with Crippen LogP contribution in [0.4, 0.5) is 5.82 Å². The first-order chi connectivity index (χ1) is 9.19. The van der Waals surface area contributed by atoms with Crippen molar-refractivity contribution in [2.75, 3.05) is 11.9 Å². The highest BCUT2D eigenvalue weighted by Gasteiger charge is 2.09. The minimum absolute atomic E-state index is 0.188. The Morgan fingerprint density at radius 1 is 1.42 bits per heavy atom. The molecule has 0 aliphatic carbocycles. The molecule has 0 unspecified atom stereocenters. The van der Waals surface area contributed by atoms with Gasteiger partial charge in [0.25, 0.3) is 5.91 Å². The molecule has 19 heavy (non-hydrogen) atoms. The molecule has 0 saturated heterocycles. The van der Waals surface area contributed by atoms with Crippen molar-refractivity contribution in [1.82, 2.24) is 4.98 Å². The number of nitrogens with one attached hydrogen (secondary N) is 1. The maximum Gasteiger partial charge on any atom is 0.266 e. The Balaban J connectivity index is 2.10. The number of hydrogen-bond donors (Lipinski definition) is 2. The Kier molecular flexibility index (Phi) is 4.29. The highest BCUT2D eigenvalue weighted by molar-refractivity contribution is 7.14. The summed E-state index contributed by atoms with van der Waals surface area (Å²) < 4.78 is 0. The summed E-state index contributed by atoms with van der Waals surface area (Å²) in [5.74, 6) is 5.63. The summed E-state index contributed by atoms with van der Waals surface area (Å²) in [7, 11) is 0. The minimum Gasteiger partial charge on any atom is -0.384 e. The van der Waals surface area contributed by atoms with Crippen molar-refractivity contribution in [2.45, 2.75) is 6.92 Å². The second-order valence-electron chi connectivity index (χ2n) is 3.74. The first-order valence-electron chi connectivity index (χ1n) is 5.63. The number of nitrogens with zero attached hydrogens (tertiary/aromatic N) is 1. The molecular formula is C14H12N2O2S. The molecule has 0 saturated carbocycles. The topological polar surface area (TPSA) is 62.2 Å². The van der Waals surface area contributed by atoms with Crippen LogP contribution in [0.5, 0.6) is 0 Å². The quantitative estimate of drug-likeness (QED) is 0.822. The third-order valence-corrected chi connectivity index (χ3v) is 3.25. The number of pyridine rings is 1. The molecule has 2 aromatic rings. The summed E-state index contributed by atoms with van der Waals surface area (Å²) in [4.78, 5) is 17.5. The molecule has 0 aromatic carbocycles. The molecule has 0 atom stereocenters. The number of aliphatic hydroxyl groups excluding tert-OH is 1. The van der Waals surface area contributed by atoms with Crippen LogP contribution in [-0.2, 0) is 0 Å². The van der Waals surface area contributed by atoms with Gasteiger partial charge < -0.3 is 10.4 Å². The van der Waals surface area contributed by atoms with Gasteiger partial charge in [-0.3, -0.25) is 4.79 Å². The molecule has 2 rings (SSSR count). The highest BCUT2D eigenvalue weighted by atomic mass is 32.1. The number of anilines is 1. The maximum absolute atomic E-state index is 12.0. The van der Waals surface area contributed by atoms with Crippen LogP contribution in [0.25, 0.3) is 0 Å².